The quantitative estimate of drug-likeness (QED) is 0.559. The van der Waals surface area contributed by atoms with Gasteiger partial charge in [-0.3, -0.25) is 9.91 Å². The smallest absolute Gasteiger partial charge is 0.175 e. The molecule has 1 aliphatic carbocycles. The van der Waals surface area contributed by atoms with Crippen LogP contribution in [0.25, 0.3) is 11.3 Å². The fraction of sp³-hybridized carbons (Fsp3) is 0.429. The summed E-state index contributed by atoms with van der Waals surface area (Å²) in [4.78, 5) is 2.97. The zero-order valence-corrected chi connectivity index (χ0v) is 21.9. The molecule has 1 fully saturated rings. The minimum absolute atomic E-state index is 0.0538. The SMILES string of the molecule is CC1=C2c3ccc(C4=CCN(C5CCC5)CC4)cc3C(Nc3cccc(S(C)(=O)=O)c3)CCN2NN1. The summed E-state index contributed by atoms with van der Waals surface area (Å²) in [6, 6.07) is 14.9. The summed E-state index contributed by atoms with van der Waals surface area (Å²) in [7, 11) is -3.27. The molecule has 8 heteroatoms. The Hall–Kier alpha value is -2.81. The second-order valence-corrected chi connectivity index (χ2v) is 12.5. The van der Waals surface area contributed by atoms with Gasteiger partial charge < -0.3 is 10.7 Å². The van der Waals surface area contributed by atoms with Gasteiger partial charge in [0.1, 0.15) is 0 Å². The molecular weight excluding hydrogens is 470 g/mol. The van der Waals surface area contributed by atoms with Crippen molar-refractivity contribution in [1.29, 1.82) is 0 Å². The molecule has 4 aliphatic rings. The predicted octanol–water partition coefficient (Wildman–Crippen LogP) is 4.30. The number of benzene rings is 2. The van der Waals surface area contributed by atoms with E-state index in [4.69, 9.17) is 0 Å². The van der Waals surface area contributed by atoms with Gasteiger partial charge in [0.25, 0.3) is 0 Å². The first kappa shape index (κ1) is 23.6. The summed E-state index contributed by atoms with van der Waals surface area (Å²) in [6.07, 6.45) is 9.71. The van der Waals surface area contributed by atoms with Crippen LogP contribution in [0.2, 0.25) is 0 Å². The number of hydrazine groups is 2. The first-order chi connectivity index (χ1) is 17.4. The number of allylic oxidation sites excluding steroid dienone is 1. The Bertz CT molecular complexity index is 1350. The third-order valence-electron chi connectivity index (χ3n) is 8.13. The van der Waals surface area contributed by atoms with E-state index in [0.717, 1.165) is 49.9 Å². The number of fused-ring (bicyclic) bond motifs is 3. The highest BCUT2D eigenvalue weighted by Gasteiger charge is 2.31. The van der Waals surface area contributed by atoms with Crippen molar-refractivity contribution in [3.63, 3.8) is 0 Å². The van der Waals surface area contributed by atoms with Gasteiger partial charge in [0, 0.05) is 43.2 Å². The third kappa shape index (κ3) is 4.42. The molecule has 7 nitrogen and oxygen atoms in total. The van der Waals surface area contributed by atoms with Gasteiger partial charge in [-0.05, 0) is 73.6 Å². The highest BCUT2D eigenvalue weighted by Crippen LogP contribution is 2.39. The molecule has 1 saturated carbocycles. The first-order valence-corrected chi connectivity index (χ1v) is 14.9. The van der Waals surface area contributed by atoms with Crippen LogP contribution in [0.15, 0.2) is 59.1 Å². The van der Waals surface area contributed by atoms with E-state index >= 15 is 0 Å². The number of hydrogen-bond acceptors (Lipinski definition) is 7. The Morgan fingerprint density at radius 3 is 2.64 bits per heavy atom. The van der Waals surface area contributed by atoms with Crippen LogP contribution in [0.4, 0.5) is 5.69 Å². The van der Waals surface area contributed by atoms with Crippen molar-refractivity contribution in [2.24, 2.45) is 0 Å². The van der Waals surface area contributed by atoms with E-state index in [0.29, 0.717) is 4.90 Å². The minimum Gasteiger partial charge on any atom is -0.378 e. The van der Waals surface area contributed by atoms with Crippen molar-refractivity contribution in [3.8, 4) is 0 Å². The van der Waals surface area contributed by atoms with Gasteiger partial charge in [-0.15, -0.1) is 5.53 Å². The van der Waals surface area contributed by atoms with E-state index < -0.39 is 9.84 Å². The molecule has 0 aromatic heterocycles. The minimum atomic E-state index is -3.27. The number of rotatable bonds is 5. The molecule has 36 heavy (non-hydrogen) atoms. The zero-order valence-electron chi connectivity index (χ0n) is 21.0. The van der Waals surface area contributed by atoms with Crippen LogP contribution in [0, 0.1) is 0 Å². The molecular formula is C28H35N5O2S. The molecule has 2 aromatic carbocycles. The molecule has 2 aromatic rings. The molecule has 0 spiro atoms. The average Bonchev–Trinajstić information content (AvgIpc) is 3.12. The summed E-state index contributed by atoms with van der Waals surface area (Å²) in [6.45, 7) is 5.11. The lowest BCUT2D eigenvalue weighted by molar-refractivity contribution is 0.141. The second kappa shape index (κ2) is 9.25. The maximum Gasteiger partial charge on any atom is 0.175 e. The van der Waals surface area contributed by atoms with Crippen molar-refractivity contribution < 1.29 is 8.42 Å². The van der Waals surface area contributed by atoms with Crippen LogP contribution >= 0.6 is 0 Å². The van der Waals surface area contributed by atoms with Gasteiger partial charge in [0.2, 0.25) is 0 Å². The van der Waals surface area contributed by atoms with Crippen LogP contribution in [0.5, 0.6) is 0 Å². The van der Waals surface area contributed by atoms with E-state index in [9.17, 15) is 8.42 Å². The Morgan fingerprint density at radius 2 is 1.92 bits per heavy atom. The molecule has 0 radical (unpaired) electrons. The Balaban J connectivity index is 1.35. The lowest BCUT2D eigenvalue weighted by atomic mass is 9.88. The van der Waals surface area contributed by atoms with Crippen LogP contribution in [0.1, 0.15) is 61.8 Å². The average molecular weight is 506 g/mol. The molecule has 0 amide bonds. The Morgan fingerprint density at radius 1 is 1.06 bits per heavy atom. The molecule has 190 valence electrons. The van der Waals surface area contributed by atoms with Gasteiger partial charge in [-0.2, -0.15) is 0 Å². The molecule has 3 N–H and O–H groups in total. The number of sulfone groups is 1. The van der Waals surface area contributed by atoms with Gasteiger partial charge in [-0.25, -0.2) is 8.42 Å². The summed E-state index contributed by atoms with van der Waals surface area (Å²) < 4.78 is 24.3. The van der Waals surface area contributed by atoms with Crippen LogP contribution < -0.4 is 16.3 Å². The van der Waals surface area contributed by atoms with E-state index in [1.54, 1.807) is 12.1 Å². The maximum atomic E-state index is 12.1. The Kier molecular flexibility index (Phi) is 6.06. The third-order valence-corrected chi connectivity index (χ3v) is 9.24. The largest absolute Gasteiger partial charge is 0.378 e. The number of anilines is 1. The number of hydrogen-bond donors (Lipinski definition) is 3. The monoisotopic (exact) mass is 505 g/mol. The predicted molar refractivity (Wildman–Crippen MR) is 144 cm³/mol. The topological polar surface area (TPSA) is 76.7 Å². The van der Waals surface area contributed by atoms with Gasteiger partial charge in [-0.1, -0.05) is 30.7 Å². The maximum absolute atomic E-state index is 12.1. The summed E-state index contributed by atoms with van der Waals surface area (Å²) >= 11 is 0. The van der Waals surface area contributed by atoms with Crippen LogP contribution in [-0.4, -0.2) is 50.3 Å². The van der Waals surface area contributed by atoms with Crippen molar-refractivity contribution in [2.45, 2.75) is 56.0 Å². The number of nitrogens with zero attached hydrogens (tertiary/aromatic N) is 2. The molecule has 0 saturated heterocycles. The van der Waals surface area contributed by atoms with E-state index in [1.807, 2.05) is 12.1 Å². The van der Waals surface area contributed by atoms with E-state index in [-0.39, 0.29) is 6.04 Å². The zero-order chi connectivity index (χ0) is 24.9. The lowest BCUT2D eigenvalue weighted by Crippen LogP contribution is -2.42. The van der Waals surface area contributed by atoms with Crippen LogP contribution in [0.3, 0.4) is 0 Å². The number of nitrogens with one attached hydrogen (secondary N) is 3. The normalized spacial score (nSPS) is 22.8. The molecule has 6 rings (SSSR count). The van der Waals surface area contributed by atoms with E-state index in [2.05, 4.69) is 57.4 Å². The highest BCUT2D eigenvalue weighted by atomic mass is 32.2. The fourth-order valence-corrected chi connectivity index (χ4v) is 6.53. The molecule has 3 aliphatic heterocycles. The Labute approximate surface area is 214 Å². The van der Waals surface area contributed by atoms with Crippen molar-refractivity contribution in [2.75, 3.05) is 31.2 Å². The highest BCUT2D eigenvalue weighted by molar-refractivity contribution is 7.90. The standard InChI is InChI=1S/C28H35N5O2S/c1-19-28-25-10-9-21(20-11-14-32(15-12-20)23-6-4-7-23)17-26(25)27(13-16-33(28)31-30-19)29-22-5-3-8-24(18-22)36(2,34)35/h3,5,8-11,17-18,23,27,29-31H,4,6-7,12-16H2,1-2H3. The summed E-state index contributed by atoms with van der Waals surface area (Å²) in [5.41, 5.74) is 14.9. The van der Waals surface area contributed by atoms with Crippen LogP contribution in [-0.2, 0) is 9.84 Å². The first-order valence-electron chi connectivity index (χ1n) is 13.0. The fourth-order valence-electron chi connectivity index (χ4n) is 5.86. The molecule has 1 unspecified atom stereocenters. The van der Waals surface area contributed by atoms with Gasteiger partial charge in [0.15, 0.2) is 9.84 Å². The summed E-state index contributed by atoms with van der Waals surface area (Å²) in [5, 5.41) is 5.85. The van der Waals surface area contributed by atoms with Crippen molar-refractivity contribution in [1.82, 2.24) is 20.9 Å². The second-order valence-electron chi connectivity index (χ2n) is 10.5. The van der Waals surface area contributed by atoms with Gasteiger partial charge >= 0.3 is 0 Å². The lowest BCUT2D eigenvalue weighted by Gasteiger charge is -2.39. The molecule has 0 bridgehead atoms. The van der Waals surface area contributed by atoms with Gasteiger partial charge in [0.05, 0.1) is 22.3 Å². The van der Waals surface area contributed by atoms with Crippen molar-refractivity contribution >= 4 is 26.8 Å². The molecule has 1 atom stereocenters. The summed E-state index contributed by atoms with van der Waals surface area (Å²) in [5.74, 6) is 0. The van der Waals surface area contributed by atoms with E-state index in [1.165, 1.54) is 53.5 Å². The molecule has 3 heterocycles. The van der Waals surface area contributed by atoms with Crippen molar-refractivity contribution in [3.05, 3.63) is 70.9 Å².